The third-order valence-electron chi connectivity index (χ3n) is 2.86. The molecular weight excluding hydrogens is 268 g/mol. The molecule has 0 saturated carbocycles. The maximum absolute atomic E-state index is 12.0. The zero-order chi connectivity index (χ0) is 15.1. The van der Waals surface area contributed by atoms with Gasteiger partial charge >= 0.3 is 0 Å². The molecule has 2 aromatic rings. The van der Waals surface area contributed by atoms with Crippen molar-refractivity contribution in [3.63, 3.8) is 0 Å². The summed E-state index contributed by atoms with van der Waals surface area (Å²) in [7, 11) is 1.59. The van der Waals surface area contributed by atoms with E-state index in [0.29, 0.717) is 23.7 Å². The minimum atomic E-state index is -0.167. The molecule has 5 heteroatoms. The Morgan fingerprint density at radius 2 is 2.00 bits per heavy atom. The van der Waals surface area contributed by atoms with E-state index in [-0.39, 0.29) is 11.9 Å². The van der Waals surface area contributed by atoms with Crippen LogP contribution < -0.4 is 14.8 Å². The molecule has 1 atom stereocenters. The van der Waals surface area contributed by atoms with Crippen molar-refractivity contribution >= 4 is 5.91 Å². The third kappa shape index (κ3) is 4.21. The Labute approximate surface area is 123 Å². The van der Waals surface area contributed by atoms with Crippen molar-refractivity contribution in [3.8, 4) is 11.5 Å². The summed E-state index contributed by atoms with van der Waals surface area (Å²) >= 11 is 0. The summed E-state index contributed by atoms with van der Waals surface area (Å²) in [5.41, 5.74) is 0.529. The fraction of sp³-hybridized carbons (Fsp3) is 0.250. The number of nitrogens with zero attached hydrogens (tertiary/aromatic N) is 1. The molecule has 1 amide bonds. The monoisotopic (exact) mass is 286 g/mol. The van der Waals surface area contributed by atoms with E-state index < -0.39 is 0 Å². The van der Waals surface area contributed by atoms with Gasteiger partial charge in [0.2, 0.25) is 0 Å². The van der Waals surface area contributed by atoms with Gasteiger partial charge in [0.15, 0.2) is 11.5 Å². The van der Waals surface area contributed by atoms with E-state index in [9.17, 15) is 4.79 Å². The Balaban J connectivity index is 1.87. The molecule has 0 aliphatic carbocycles. The van der Waals surface area contributed by atoms with Crippen molar-refractivity contribution in [1.82, 2.24) is 10.3 Å². The first-order valence-corrected chi connectivity index (χ1v) is 6.67. The smallest absolute Gasteiger partial charge is 0.253 e. The van der Waals surface area contributed by atoms with Gasteiger partial charge in [-0.1, -0.05) is 12.1 Å². The molecule has 0 aliphatic rings. The topological polar surface area (TPSA) is 60.5 Å². The Bertz CT molecular complexity index is 587. The Morgan fingerprint density at radius 1 is 1.24 bits per heavy atom. The molecule has 0 aliphatic heterocycles. The summed E-state index contributed by atoms with van der Waals surface area (Å²) < 4.78 is 10.9. The van der Waals surface area contributed by atoms with Crippen molar-refractivity contribution in [2.24, 2.45) is 0 Å². The van der Waals surface area contributed by atoms with E-state index in [1.165, 1.54) is 6.20 Å². The highest BCUT2D eigenvalue weighted by Gasteiger charge is 2.11. The summed E-state index contributed by atoms with van der Waals surface area (Å²) in [6.07, 6.45) is 3.16. The van der Waals surface area contributed by atoms with Gasteiger partial charge in [0.05, 0.1) is 18.7 Å². The van der Waals surface area contributed by atoms with Crippen LogP contribution in [-0.2, 0) is 0 Å². The molecule has 1 heterocycles. The molecule has 0 radical (unpaired) electrons. The largest absolute Gasteiger partial charge is 0.493 e. The van der Waals surface area contributed by atoms with Crippen molar-refractivity contribution in [2.45, 2.75) is 13.0 Å². The van der Waals surface area contributed by atoms with Gasteiger partial charge in [-0.25, -0.2) is 0 Å². The molecular formula is C16H18N2O3. The van der Waals surface area contributed by atoms with E-state index in [2.05, 4.69) is 10.3 Å². The second kappa shape index (κ2) is 7.28. The van der Waals surface area contributed by atoms with E-state index in [4.69, 9.17) is 9.47 Å². The minimum Gasteiger partial charge on any atom is -0.493 e. The number of hydrogen-bond donors (Lipinski definition) is 1. The Hall–Kier alpha value is -2.56. The summed E-state index contributed by atoms with van der Waals surface area (Å²) in [5, 5.41) is 2.86. The molecule has 0 spiro atoms. The van der Waals surface area contributed by atoms with Crippen LogP contribution in [0.15, 0.2) is 48.8 Å². The van der Waals surface area contributed by atoms with Crippen molar-refractivity contribution < 1.29 is 14.3 Å². The standard InChI is InChI=1S/C16H18N2O3/c1-12(18-16(19)13-6-5-9-17-10-13)11-21-15-8-4-3-7-14(15)20-2/h3-10,12H,11H2,1-2H3,(H,18,19)/t12-/m1/s1. The summed E-state index contributed by atoms with van der Waals surface area (Å²) in [6, 6.07) is 10.7. The number of benzene rings is 1. The van der Waals surface area contributed by atoms with Crippen LogP contribution in [-0.4, -0.2) is 30.6 Å². The van der Waals surface area contributed by atoms with Gasteiger partial charge in [-0.2, -0.15) is 0 Å². The summed E-state index contributed by atoms with van der Waals surface area (Å²) in [4.78, 5) is 15.9. The van der Waals surface area contributed by atoms with Gasteiger partial charge in [-0.3, -0.25) is 9.78 Å². The highest BCUT2D eigenvalue weighted by Crippen LogP contribution is 2.25. The molecule has 21 heavy (non-hydrogen) atoms. The van der Waals surface area contributed by atoms with Crippen LogP contribution in [0.5, 0.6) is 11.5 Å². The molecule has 0 unspecified atom stereocenters. The van der Waals surface area contributed by atoms with Crippen molar-refractivity contribution in [1.29, 1.82) is 0 Å². The number of methoxy groups -OCH3 is 1. The molecule has 5 nitrogen and oxygen atoms in total. The van der Waals surface area contributed by atoms with Crippen LogP contribution >= 0.6 is 0 Å². The highest BCUT2D eigenvalue weighted by atomic mass is 16.5. The zero-order valence-corrected chi connectivity index (χ0v) is 12.1. The van der Waals surface area contributed by atoms with E-state index in [1.54, 1.807) is 25.4 Å². The number of rotatable bonds is 6. The molecule has 2 rings (SSSR count). The number of nitrogens with one attached hydrogen (secondary N) is 1. The lowest BCUT2D eigenvalue weighted by atomic mass is 10.2. The molecule has 1 aromatic heterocycles. The number of hydrogen-bond acceptors (Lipinski definition) is 4. The zero-order valence-electron chi connectivity index (χ0n) is 12.1. The maximum atomic E-state index is 12.0. The van der Waals surface area contributed by atoms with Crippen LogP contribution in [0.3, 0.4) is 0 Å². The van der Waals surface area contributed by atoms with E-state index >= 15 is 0 Å². The average molecular weight is 286 g/mol. The van der Waals surface area contributed by atoms with Crippen LogP contribution in [0, 0.1) is 0 Å². The number of carbonyl (C=O) groups is 1. The second-order valence-corrected chi connectivity index (χ2v) is 4.58. The number of carbonyl (C=O) groups excluding carboxylic acids is 1. The van der Waals surface area contributed by atoms with Crippen LogP contribution in [0.1, 0.15) is 17.3 Å². The lowest BCUT2D eigenvalue weighted by molar-refractivity contribution is 0.0926. The molecule has 1 aromatic carbocycles. The minimum absolute atomic E-state index is 0.136. The lowest BCUT2D eigenvalue weighted by Crippen LogP contribution is -2.36. The van der Waals surface area contributed by atoms with Gasteiger partial charge < -0.3 is 14.8 Å². The quantitative estimate of drug-likeness (QED) is 0.885. The number of aromatic nitrogens is 1. The maximum Gasteiger partial charge on any atom is 0.253 e. The van der Waals surface area contributed by atoms with E-state index in [0.717, 1.165) is 0 Å². The predicted molar refractivity (Wildman–Crippen MR) is 79.7 cm³/mol. The predicted octanol–water partition coefficient (Wildman–Crippen LogP) is 2.29. The van der Waals surface area contributed by atoms with Crippen LogP contribution in [0.2, 0.25) is 0 Å². The highest BCUT2D eigenvalue weighted by molar-refractivity contribution is 5.93. The fourth-order valence-electron chi connectivity index (χ4n) is 1.80. The summed E-state index contributed by atoms with van der Waals surface area (Å²) in [6.45, 7) is 2.23. The average Bonchev–Trinajstić information content (AvgIpc) is 2.54. The summed E-state index contributed by atoms with van der Waals surface area (Å²) in [5.74, 6) is 1.16. The fourth-order valence-corrected chi connectivity index (χ4v) is 1.80. The first kappa shape index (κ1) is 14.8. The van der Waals surface area contributed by atoms with Gasteiger partial charge in [0, 0.05) is 12.4 Å². The Morgan fingerprint density at radius 3 is 2.67 bits per heavy atom. The number of pyridine rings is 1. The number of ether oxygens (including phenoxy) is 2. The van der Waals surface area contributed by atoms with Crippen LogP contribution in [0.25, 0.3) is 0 Å². The van der Waals surface area contributed by atoms with Gasteiger partial charge in [0.1, 0.15) is 6.61 Å². The van der Waals surface area contributed by atoms with E-state index in [1.807, 2.05) is 31.2 Å². The van der Waals surface area contributed by atoms with Gasteiger partial charge in [-0.05, 0) is 31.2 Å². The molecule has 110 valence electrons. The molecule has 0 bridgehead atoms. The molecule has 0 fully saturated rings. The Kier molecular flexibility index (Phi) is 5.15. The second-order valence-electron chi connectivity index (χ2n) is 4.58. The van der Waals surface area contributed by atoms with Crippen molar-refractivity contribution in [3.05, 3.63) is 54.4 Å². The van der Waals surface area contributed by atoms with Gasteiger partial charge in [-0.15, -0.1) is 0 Å². The first-order chi connectivity index (χ1) is 10.2. The lowest BCUT2D eigenvalue weighted by Gasteiger charge is -2.16. The first-order valence-electron chi connectivity index (χ1n) is 6.67. The van der Waals surface area contributed by atoms with Crippen LogP contribution in [0.4, 0.5) is 0 Å². The number of amides is 1. The van der Waals surface area contributed by atoms with Crippen molar-refractivity contribution in [2.75, 3.05) is 13.7 Å². The third-order valence-corrected chi connectivity index (χ3v) is 2.86. The SMILES string of the molecule is COc1ccccc1OC[C@@H](C)NC(=O)c1cccnc1. The molecule has 0 saturated heterocycles. The normalized spacial score (nSPS) is 11.5. The number of para-hydroxylation sites is 2. The van der Waals surface area contributed by atoms with Gasteiger partial charge in [0.25, 0.3) is 5.91 Å². The molecule has 1 N–H and O–H groups in total.